The fourth-order valence-corrected chi connectivity index (χ4v) is 3.13. The Morgan fingerprint density at radius 3 is 2.50 bits per heavy atom. The molecule has 7 nitrogen and oxygen atoms in total. The van der Waals surface area contributed by atoms with Gasteiger partial charge in [0.1, 0.15) is 12.0 Å². The average Bonchev–Trinajstić information content (AvgIpc) is 3.09. The van der Waals surface area contributed by atoms with E-state index in [2.05, 4.69) is 77.2 Å². The van der Waals surface area contributed by atoms with Gasteiger partial charge in [0.15, 0.2) is 0 Å². The third-order valence-electron chi connectivity index (χ3n) is 4.79. The smallest absolute Gasteiger partial charge is 0.270 e. The molecule has 0 bridgehead atoms. The summed E-state index contributed by atoms with van der Waals surface area (Å²) in [6.07, 6.45) is 1.46. The lowest BCUT2D eigenvalue weighted by Gasteiger charge is -2.25. The van der Waals surface area contributed by atoms with Crippen LogP contribution in [0.15, 0.2) is 36.7 Å². The molecule has 1 atom stereocenters. The van der Waals surface area contributed by atoms with E-state index in [-0.39, 0.29) is 17.4 Å². The van der Waals surface area contributed by atoms with E-state index in [0.717, 1.165) is 11.3 Å². The zero-order chi connectivity index (χ0) is 20.5. The zero-order valence-corrected chi connectivity index (χ0v) is 17.4. The molecule has 0 aliphatic heterocycles. The van der Waals surface area contributed by atoms with Crippen molar-refractivity contribution in [3.63, 3.8) is 0 Å². The van der Waals surface area contributed by atoms with Crippen LogP contribution in [-0.2, 0) is 5.41 Å². The van der Waals surface area contributed by atoms with Gasteiger partial charge in [-0.25, -0.2) is 9.50 Å². The van der Waals surface area contributed by atoms with E-state index in [1.165, 1.54) is 11.9 Å². The quantitative estimate of drug-likeness (QED) is 0.737. The third-order valence-corrected chi connectivity index (χ3v) is 4.79. The van der Waals surface area contributed by atoms with Crippen LogP contribution in [0, 0.1) is 6.92 Å². The molecule has 148 valence electrons. The molecular weight excluding hydrogens is 352 g/mol. The highest BCUT2D eigenvalue weighted by Gasteiger charge is 2.23. The Balaban J connectivity index is 1.83. The predicted molar refractivity (Wildman–Crippen MR) is 109 cm³/mol. The SMILES string of the molecule is Cc1ccc([C@H](CNC(=O)c2cc(C(C)(C)C)n3ncnc3n2)N(C)C)cc1. The summed E-state index contributed by atoms with van der Waals surface area (Å²) >= 11 is 0. The van der Waals surface area contributed by atoms with Gasteiger partial charge in [0, 0.05) is 12.0 Å². The van der Waals surface area contributed by atoms with Gasteiger partial charge in [-0.3, -0.25) is 4.79 Å². The first-order valence-electron chi connectivity index (χ1n) is 9.39. The van der Waals surface area contributed by atoms with Gasteiger partial charge in [0.25, 0.3) is 11.7 Å². The highest BCUT2D eigenvalue weighted by atomic mass is 16.1. The van der Waals surface area contributed by atoms with E-state index in [1.807, 2.05) is 14.1 Å². The fourth-order valence-electron chi connectivity index (χ4n) is 3.13. The number of carbonyl (C=O) groups is 1. The number of nitrogens with zero attached hydrogens (tertiary/aromatic N) is 5. The zero-order valence-electron chi connectivity index (χ0n) is 17.4. The van der Waals surface area contributed by atoms with Crippen molar-refractivity contribution in [3.05, 3.63) is 59.2 Å². The summed E-state index contributed by atoms with van der Waals surface area (Å²) in [5, 5.41) is 7.26. The number of aryl methyl sites for hydroxylation is 1. The molecule has 0 aliphatic carbocycles. The number of likely N-dealkylation sites (N-methyl/N-ethyl adjacent to an activating group) is 1. The minimum Gasteiger partial charge on any atom is -0.349 e. The summed E-state index contributed by atoms with van der Waals surface area (Å²) in [6.45, 7) is 8.77. The van der Waals surface area contributed by atoms with Crippen LogP contribution >= 0.6 is 0 Å². The number of benzene rings is 1. The maximum atomic E-state index is 12.9. The number of nitrogens with one attached hydrogen (secondary N) is 1. The van der Waals surface area contributed by atoms with Gasteiger partial charge >= 0.3 is 0 Å². The molecule has 0 radical (unpaired) electrons. The Hall–Kier alpha value is -2.80. The molecule has 0 spiro atoms. The first kappa shape index (κ1) is 19.9. The molecule has 0 unspecified atom stereocenters. The van der Waals surface area contributed by atoms with Gasteiger partial charge in [-0.05, 0) is 32.6 Å². The Bertz CT molecular complexity index is 969. The van der Waals surface area contributed by atoms with Gasteiger partial charge in [-0.1, -0.05) is 50.6 Å². The van der Waals surface area contributed by atoms with E-state index in [1.54, 1.807) is 10.6 Å². The van der Waals surface area contributed by atoms with E-state index in [0.29, 0.717) is 18.0 Å². The van der Waals surface area contributed by atoms with Crippen LogP contribution in [0.5, 0.6) is 0 Å². The van der Waals surface area contributed by atoms with Gasteiger partial charge < -0.3 is 10.2 Å². The number of carbonyl (C=O) groups excluding carboxylic acids is 1. The van der Waals surface area contributed by atoms with E-state index >= 15 is 0 Å². The standard InChI is InChI=1S/C21H28N6O/c1-14-7-9-15(10-8-14)17(26(5)6)12-22-19(28)16-11-18(21(2,3)4)27-20(25-16)23-13-24-27/h7-11,13,17H,12H2,1-6H3,(H,22,28)/t17-/m0/s1. The Morgan fingerprint density at radius 2 is 1.89 bits per heavy atom. The molecule has 0 saturated heterocycles. The largest absolute Gasteiger partial charge is 0.349 e. The number of amides is 1. The summed E-state index contributed by atoms with van der Waals surface area (Å²) in [5.74, 6) is 0.218. The number of hydrogen-bond donors (Lipinski definition) is 1. The summed E-state index contributed by atoms with van der Waals surface area (Å²) in [5.41, 5.74) is 3.42. The number of hydrogen-bond acceptors (Lipinski definition) is 5. The molecular formula is C21H28N6O. The number of fused-ring (bicyclic) bond motifs is 1. The lowest BCUT2D eigenvalue weighted by atomic mass is 9.91. The second kappa shape index (κ2) is 7.67. The predicted octanol–water partition coefficient (Wildman–Crippen LogP) is 2.76. The Morgan fingerprint density at radius 1 is 1.21 bits per heavy atom. The van der Waals surface area contributed by atoms with Crippen LogP contribution < -0.4 is 5.32 Å². The monoisotopic (exact) mass is 380 g/mol. The molecule has 0 fully saturated rings. The van der Waals surface area contributed by atoms with Crippen molar-refractivity contribution in [3.8, 4) is 0 Å². The van der Waals surface area contributed by atoms with Gasteiger partial charge in [0.05, 0.1) is 11.7 Å². The maximum Gasteiger partial charge on any atom is 0.270 e. The molecule has 2 aromatic heterocycles. The average molecular weight is 380 g/mol. The molecule has 2 heterocycles. The molecule has 28 heavy (non-hydrogen) atoms. The second-order valence-corrected chi connectivity index (χ2v) is 8.35. The molecule has 3 aromatic rings. The molecule has 1 N–H and O–H groups in total. The summed E-state index contributed by atoms with van der Waals surface area (Å²) in [7, 11) is 4.02. The van der Waals surface area contributed by atoms with Crippen molar-refractivity contribution >= 4 is 11.7 Å². The number of aromatic nitrogens is 4. The number of rotatable bonds is 5. The minimum absolute atomic E-state index is 0.0726. The summed E-state index contributed by atoms with van der Waals surface area (Å²) < 4.78 is 1.69. The van der Waals surface area contributed by atoms with Crippen molar-refractivity contribution < 1.29 is 4.79 Å². The highest BCUT2D eigenvalue weighted by molar-refractivity contribution is 5.92. The van der Waals surface area contributed by atoms with Gasteiger partial charge in [0.2, 0.25) is 0 Å². The first-order chi connectivity index (χ1) is 13.2. The third kappa shape index (κ3) is 4.20. The van der Waals surface area contributed by atoms with Gasteiger partial charge in [-0.2, -0.15) is 10.1 Å². The first-order valence-corrected chi connectivity index (χ1v) is 9.39. The van der Waals surface area contributed by atoms with Gasteiger partial charge in [-0.15, -0.1) is 0 Å². The van der Waals surface area contributed by atoms with Crippen LogP contribution in [0.4, 0.5) is 0 Å². The van der Waals surface area contributed by atoms with E-state index in [9.17, 15) is 4.79 Å². The van der Waals surface area contributed by atoms with Crippen LogP contribution in [-0.4, -0.2) is 51.0 Å². The van der Waals surface area contributed by atoms with Crippen molar-refractivity contribution in [1.29, 1.82) is 0 Å². The minimum atomic E-state index is -0.213. The van der Waals surface area contributed by atoms with Crippen molar-refractivity contribution in [2.45, 2.75) is 39.2 Å². The maximum absolute atomic E-state index is 12.9. The lowest BCUT2D eigenvalue weighted by Crippen LogP contribution is -2.35. The molecule has 7 heteroatoms. The molecule has 3 rings (SSSR count). The van der Waals surface area contributed by atoms with Crippen LogP contribution in [0.1, 0.15) is 54.1 Å². The summed E-state index contributed by atoms with van der Waals surface area (Å²) in [4.78, 5) is 23.5. The topological polar surface area (TPSA) is 75.4 Å². The fraction of sp³-hybridized carbons (Fsp3) is 0.429. The summed E-state index contributed by atoms with van der Waals surface area (Å²) in [6, 6.07) is 10.2. The Kier molecular flexibility index (Phi) is 5.47. The molecule has 0 aliphatic rings. The van der Waals surface area contributed by atoms with Crippen LogP contribution in [0.3, 0.4) is 0 Å². The second-order valence-electron chi connectivity index (χ2n) is 8.35. The normalized spacial score (nSPS) is 13.1. The van der Waals surface area contributed by atoms with Crippen LogP contribution in [0.2, 0.25) is 0 Å². The Labute approximate surface area is 165 Å². The van der Waals surface area contributed by atoms with E-state index < -0.39 is 0 Å². The molecule has 1 amide bonds. The lowest BCUT2D eigenvalue weighted by molar-refractivity contribution is 0.0936. The molecule has 0 saturated carbocycles. The molecule has 1 aromatic carbocycles. The van der Waals surface area contributed by atoms with Crippen molar-refractivity contribution in [2.75, 3.05) is 20.6 Å². The highest BCUT2D eigenvalue weighted by Crippen LogP contribution is 2.23. The van der Waals surface area contributed by atoms with Crippen LogP contribution in [0.25, 0.3) is 5.78 Å². The van der Waals surface area contributed by atoms with Crippen molar-refractivity contribution in [2.24, 2.45) is 0 Å². The van der Waals surface area contributed by atoms with Crippen molar-refractivity contribution in [1.82, 2.24) is 29.8 Å². The van der Waals surface area contributed by atoms with E-state index in [4.69, 9.17) is 0 Å².